The van der Waals surface area contributed by atoms with Gasteiger partial charge in [0.2, 0.25) is 5.91 Å². The Balaban J connectivity index is 1.50. The Kier molecular flexibility index (Phi) is 10.4. The minimum atomic E-state index is -1.20. The van der Waals surface area contributed by atoms with Crippen molar-refractivity contribution in [2.45, 2.75) is 109 Å². The van der Waals surface area contributed by atoms with Crippen LogP contribution in [0.5, 0.6) is 0 Å². The van der Waals surface area contributed by atoms with Gasteiger partial charge in [0.1, 0.15) is 0 Å². The van der Waals surface area contributed by atoms with Gasteiger partial charge in [-0.15, -0.1) is 0 Å². The minimum absolute atomic E-state index is 0.0694. The Hall–Kier alpha value is -1.79. The number of H-pyrrole nitrogens is 1. The van der Waals surface area contributed by atoms with E-state index in [-0.39, 0.29) is 18.1 Å². The molecule has 0 spiro atoms. The molecule has 2 aromatic rings. The molecule has 41 heavy (non-hydrogen) atoms. The molecule has 4 rings (SSSR count). The van der Waals surface area contributed by atoms with E-state index in [1.807, 2.05) is 12.1 Å². The molecule has 1 amide bonds. The number of ether oxygens (including phenoxy) is 2. The Morgan fingerprint density at radius 1 is 0.927 bits per heavy atom. The monoisotopic (exact) mass is 598 g/mol. The van der Waals surface area contributed by atoms with E-state index in [0.717, 1.165) is 53.5 Å². The van der Waals surface area contributed by atoms with Crippen LogP contribution in [-0.2, 0) is 14.3 Å². The predicted octanol–water partition coefficient (Wildman–Crippen LogP) is 7.61. The molecule has 9 heteroatoms. The summed E-state index contributed by atoms with van der Waals surface area (Å²) < 4.78 is 12.6. The van der Waals surface area contributed by atoms with Crippen LogP contribution in [0.15, 0.2) is 24.3 Å². The topological polar surface area (TPSA) is 102 Å². The van der Waals surface area contributed by atoms with Crippen molar-refractivity contribution in [2.24, 2.45) is 23.5 Å². The molecule has 1 heterocycles. The first kappa shape index (κ1) is 32.1. The van der Waals surface area contributed by atoms with Crippen molar-refractivity contribution in [2.75, 3.05) is 18.5 Å². The van der Waals surface area contributed by atoms with Crippen molar-refractivity contribution in [3.63, 3.8) is 0 Å². The molecular formula is C32H54N4O3Si2. The molecule has 1 aromatic carbocycles. The van der Waals surface area contributed by atoms with Crippen LogP contribution in [0.2, 0.25) is 51.4 Å². The summed E-state index contributed by atoms with van der Waals surface area (Å²) in [4.78, 5) is 13.1. The van der Waals surface area contributed by atoms with E-state index in [9.17, 15) is 4.79 Å². The van der Waals surface area contributed by atoms with Gasteiger partial charge in [0.05, 0.1) is 29.6 Å². The van der Waals surface area contributed by atoms with Crippen molar-refractivity contribution >= 4 is 27.7 Å². The van der Waals surface area contributed by atoms with Gasteiger partial charge < -0.3 is 20.5 Å². The Morgan fingerprint density at radius 3 is 1.93 bits per heavy atom. The Morgan fingerprint density at radius 2 is 1.44 bits per heavy atom. The average Bonchev–Trinajstić information content (AvgIpc) is 3.82. The number of carbonyl (C=O) groups is 1. The van der Waals surface area contributed by atoms with E-state index in [1.54, 1.807) is 0 Å². The summed E-state index contributed by atoms with van der Waals surface area (Å²) >= 11 is 0. The second-order valence-corrected chi connectivity index (χ2v) is 26.1. The number of nitrogens with zero attached hydrogens (tertiary/aromatic N) is 1. The number of hydrogen-bond donors (Lipinski definition) is 3. The van der Waals surface area contributed by atoms with Gasteiger partial charge in [0.15, 0.2) is 0 Å². The highest BCUT2D eigenvalue weighted by atomic mass is 28.3. The standard InChI is InChI=1S/C32H54N4O3Si2/c1-21(38-17-19-40(3,4)5)30-28(31(36-35-30)22(2)39-18-20-41(6,7)8)25-13-15-26(16-14-25)34-32(37)29(33)27(23-9-10-23)24-11-12-24/h13-16,21-24,27,29H,9-12,17-20,33H2,1-8H3,(H,34,37)(H,35,36)/t21?,22?,29-/m0/s1. The summed E-state index contributed by atoms with van der Waals surface area (Å²) in [7, 11) is -2.40. The number of hydrogen-bond acceptors (Lipinski definition) is 5. The van der Waals surface area contributed by atoms with Crippen LogP contribution in [0, 0.1) is 17.8 Å². The van der Waals surface area contributed by atoms with Gasteiger partial charge >= 0.3 is 0 Å². The summed E-state index contributed by atoms with van der Waals surface area (Å²) in [6.45, 7) is 19.8. The van der Waals surface area contributed by atoms with Gasteiger partial charge in [-0.3, -0.25) is 9.89 Å². The molecule has 228 valence electrons. The molecule has 7 nitrogen and oxygen atoms in total. The van der Waals surface area contributed by atoms with Crippen LogP contribution in [0.4, 0.5) is 5.69 Å². The number of amides is 1. The predicted molar refractivity (Wildman–Crippen MR) is 175 cm³/mol. The van der Waals surface area contributed by atoms with E-state index >= 15 is 0 Å². The zero-order chi connectivity index (χ0) is 29.9. The summed E-state index contributed by atoms with van der Waals surface area (Å²) in [5.74, 6) is 1.53. The first-order valence-electron chi connectivity index (χ1n) is 15.7. The maximum Gasteiger partial charge on any atom is 0.241 e. The SMILES string of the molecule is CC(OCC[Si](C)(C)C)c1n[nH]c(C(C)OCC[Si](C)(C)C)c1-c1ccc(NC(=O)[C@@H](N)C(C2CC2)C2CC2)cc1. The molecule has 0 bridgehead atoms. The smallest absolute Gasteiger partial charge is 0.241 e. The molecule has 2 unspecified atom stereocenters. The summed E-state index contributed by atoms with van der Waals surface area (Å²) in [5.41, 5.74) is 11.2. The highest BCUT2D eigenvalue weighted by Gasteiger charge is 2.46. The lowest BCUT2D eigenvalue weighted by Gasteiger charge is -2.23. The molecule has 4 N–H and O–H groups in total. The number of nitrogens with one attached hydrogen (secondary N) is 2. The normalized spacial score (nSPS) is 18.4. The van der Waals surface area contributed by atoms with E-state index in [1.165, 1.54) is 25.7 Å². The summed E-state index contributed by atoms with van der Waals surface area (Å²) in [6, 6.07) is 9.84. The van der Waals surface area contributed by atoms with Crippen molar-refractivity contribution in [3.05, 3.63) is 35.7 Å². The molecule has 0 saturated heterocycles. The quantitative estimate of drug-likeness (QED) is 0.173. The minimum Gasteiger partial charge on any atom is -0.373 e. The van der Waals surface area contributed by atoms with Crippen LogP contribution in [-0.4, -0.2) is 51.5 Å². The molecular weight excluding hydrogens is 545 g/mol. The fraction of sp³-hybridized carbons (Fsp3) is 0.688. The van der Waals surface area contributed by atoms with Crippen molar-refractivity contribution in [1.82, 2.24) is 10.2 Å². The summed E-state index contributed by atoms with van der Waals surface area (Å²) in [5, 5.41) is 11.1. The maximum absolute atomic E-state index is 13.1. The highest BCUT2D eigenvalue weighted by Crippen LogP contribution is 2.50. The number of aromatic nitrogens is 2. The van der Waals surface area contributed by atoms with Crippen LogP contribution in [0.3, 0.4) is 0 Å². The number of anilines is 1. The highest BCUT2D eigenvalue weighted by molar-refractivity contribution is 6.76. The first-order chi connectivity index (χ1) is 19.2. The average molecular weight is 599 g/mol. The van der Waals surface area contributed by atoms with E-state index in [4.69, 9.17) is 20.3 Å². The number of carbonyl (C=O) groups excluding carboxylic acids is 1. The lowest BCUT2D eigenvalue weighted by atomic mass is 9.89. The van der Waals surface area contributed by atoms with Gasteiger partial charge in [-0.1, -0.05) is 51.4 Å². The number of benzene rings is 1. The number of rotatable bonds is 16. The molecule has 2 aliphatic rings. The van der Waals surface area contributed by atoms with Gasteiger partial charge in [-0.05, 0) is 87.1 Å². The van der Waals surface area contributed by atoms with Gasteiger partial charge in [0.25, 0.3) is 0 Å². The lowest BCUT2D eigenvalue weighted by Crippen LogP contribution is -2.43. The maximum atomic E-state index is 13.1. The number of aromatic amines is 1. The third-order valence-corrected chi connectivity index (χ3v) is 12.0. The van der Waals surface area contributed by atoms with Gasteiger partial charge in [0, 0.05) is 40.6 Å². The zero-order valence-corrected chi connectivity index (χ0v) is 28.7. The van der Waals surface area contributed by atoms with Crippen LogP contribution >= 0.6 is 0 Å². The number of nitrogens with two attached hydrogens (primary N) is 1. The molecule has 0 aliphatic heterocycles. The Labute approximate surface area is 249 Å². The fourth-order valence-corrected chi connectivity index (χ4v) is 7.02. The third-order valence-electron chi connectivity index (χ3n) is 8.54. The van der Waals surface area contributed by atoms with Gasteiger partial charge in [-0.25, -0.2) is 0 Å². The second kappa shape index (κ2) is 13.2. The zero-order valence-electron chi connectivity index (χ0n) is 26.7. The van der Waals surface area contributed by atoms with Crippen LogP contribution < -0.4 is 11.1 Å². The van der Waals surface area contributed by atoms with E-state index in [0.29, 0.717) is 17.8 Å². The Bertz CT molecular complexity index is 1090. The first-order valence-corrected chi connectivity index (χ1v) is 23.1. The molecule has 2 aliphatic carbocycles. The molecule has 2 saturated carbocycles. The third kappa shape index (κ3) is 9.35. The largest absolute Gasteiger partial charge is 0.373 e. The summed E-state index contributed by atoms with van der Waals surface area (Å²) in [6.07, 6.45) is 4.58. The molecule has 1 aromatic heterocycles. The van der Waals surface area contributed by atoms with Crippen molar-refractivity contribution in [3.8, 4) is 11.1 Å². The van der Waals surface area contributed by atoms with Crippen molar-refractivity contribution < 1.29 is 14.3 Å². The molecule has 2 fully saturated rings. The molecule has 3 atom stereocenters. The van der Waals surface area contributed by atoms with E-state index < -0.39 is 22.2 Å². The molecule has 0 radical (unpaired) electrons. The fourth-order valence-electron chi connectivity index (χ4n) is 5.56. The van der Waals surface area contributed by atoms with Gasteiger partial charge in [-0.2, -0.15) is 5.10 Å². The second-order valence-electron chi connectivity index (χ2n) is 14.9. The van der Waals surface area contributed by atoms with Crippen molar-refractivity contribution in [1.29, 1.82) is 0 Å². The van der Waals surface area contributed by atoms with Crippen LogP contribution in [0.25, 0.3) is 11.1 Å². The lowest BCUT2D eigenvalue weighted by molar-refractivity contribution is -0.118. The van der Waals surface area contributed by atoms with Crippen LogP contribution in [0.1, 0.15) is 63.1 Å². The van der Waals surface area contributed by atoms with E-state index in [2.05, 4.69) is 75.7 Å².